The van der Waals surface area contributed by atoms with Crippen LogP contribution in [0.2, 0.25) is 0 Å². The van der Waals surface area contributed by atoms with Gasteiger partial charge >= 0.3 is 0 Å². The van der Waals surface area contributed by atoms with Crippen LogP contribution in [0.25, 0.3) is 0 Å². The Morgan fingerprint density at radius 2 is 1.12 bits per heavy atom. The SMILES string of the molecule is Cc1ccccc1NC(=O)C[N+](C)(C)CC(=O)Nc1ccccc1C.[Cl-]. The predicted molar refractivity (Wildman–Crippen MR) is 101 cm³/mol. The Bertz CT molecular complexity index is 712. The standard InChI is InChI=1S/C20H25N3O2.ClH/c1-15-9-5-7-11-17(15)21-19(24)13-23(3,4)14-20(25)22-18-12-8-6-10-16(18)2;/h5-12H,13-14H2,1-4H3,(H-,21,22,24,25);1H. The monoisotopic (exact) mass is 375 g/mol. The van der Waals surface area contributed by atoms with Gasteiger partial charge < -0.3 is 27.5 Å². The first-order valence-electron chi connectivity index (χ1n) is 8.30. The number of para-hydroxylation sites is 2. The van der Waals surface area contributed by atoms with Crippen molar-refractivity contribution in [2.24, 2.45) is 0 Å². The summed E-state index contributed by atoms with van der Waals surface area (Å²) in [5.41, 5.74) is 3.63. The van der Waals surface area contributed by atoms with Gasteiger partial charge in [-0.2, -0.15) is 0 Å². The van der Waals surface area contributed by atoms with E-state index in [0.29, 0.717) is 0 Å². The number of likely N-dealkylation sites (N-methyl/N-ethyl adjacent to an activating group) is 1. The van der Waals surface area contributed by atoms with Crippen LogP contribution in [-0.4, -0.2) is 43.5 Å². The van der Waals surface area contributed by atoms with Crippen LogP contribution < -0.4 is 23.0 Å². The van der Waals surface area contributed by atoms with Gasteiger partial charge in [0.05, 0.1) is 14.1 Å². The van der Waals surface area contributed by atoms with Crippen LogP contribution in [0.5, 0.6) is 0 Å². The number of nitrogens with one attached hydrogen (secondary N) is 2. The van der Waals surface area contributed by atoms with Gasteiger partial charge in [0.25, 0.3) is 11.8 Å². The summed E-state index contributed by atoms with van der Waals surface area (Å²) in [7, 11) is 3.74. The fourth-order valence-corrected chi connectivity index (χ4v) is 2.64. The smallest absolute Gasteiger partial charge is 0.279 e. The molecule has 0 radical (unpaired) electrons. The lowest BCUT2D eigenvalue weighted by Gasteiger charge is -2.28. The zero-order valence-corrected chi connectivity index (χ0v) is 16.4. The van der Waals surface area contributed by atoms with Crippen LogP contribution in [0.4, 0.5) is 11.4 Å². The van der Waals surface area contributed by atoms with Crippen LogP contribution in [-0.2, 0) is 9.59 Å². The number of anilines is 2. The van der Waals surface area contributed by atoms with Crippen LogP contribution >= 0.6 is 0 Å². The molecule has 2 rings (SSSR count). The Balaban J connectivity index is 0.00000338. The van der Waals surface area contributed by atoms with Gasteiger partial charge in [-0.1, -0.05) is 36.4 Å². The summed E-state index contributed by atoms with van der Waals surface area (Å²) in [6.07, 6.45) is 0. The fourth-order valence-electron chi connectivity index (χ4n) is 2.64. The number of hydrogen-bond acceptors (Lipinski definition) is 2. The molecule has 140 valence electrons. The molecular formula is C20H26ClN3O2. The summed E-state index contributed by atoms with van der Waals surface area (Å²) < 4.78 is 0.273. The van der Waals surface area contributed by atoms with E-state index >= 15 is 0 Å². The molecule has 2 aromatic rings. The molecule has 0 saturated carbocycles. The lowest BCUT2D eigenvalue weighted by Crippen LogP contribution is -3.00. The topological polar surface area (TPSA) is 58.2 Å². The number of rotatable bonds is 6. The van der Waals surface area contributed by atoms with Gasteiger partial charge in [-0.05, 0) is 37.1 Å². The molecular weight excluding hydrogens is 350 g/mol. The molecule has 5 nitrogen and oxygen atoms in total. The molecule has 0 spiro atoms. The van der Waals surface area contributed by atoms with Crippen LogP contribution in [0.15, 0.2) is 48.5 Å². The number of carbonyl (C=O) groups is 2. The van der Waals surface area contributed by atoms with E-state index in [1.54, 1.807) is 0 Å². The number of benzene rings is 2. The average Bonchev–Trinajstić information content (AvgIpc) is 2.50. The number of aryl methyl sites for hydroxylation is 2. The Morgan fingerprint density at radius 3 is 1.46 bits per heavy atom. The van der Waals surface area contributed by atoms with E-state index in [1.165, 1.54) is 0 Å². The minimum absolute atomic E-state index is 0. The molecule has 2 N–H and O–H groups in total. The number of carbonyl (C=O) groups excluding carboxylic acids is 2. The molecule has 0 heterocycles. The van der Waals surface area contributed by atoms with Crippen molar-refractivity contribution in [1.29, 1.82) is 0 Å². The molecule has 0 aliphatic heterocycles. The van der Waals surface area contributed by atoms with Crippen molar-refractivity contribution >= 4 is 23.2 Å². The van der Waals surface area contributed by atoms with Gasteiger partial charge in [0.15, 0.2) is 13.1 Å². The van der Waals surface area contributed by atoms with E-state index < -0.39 is 0 Å². The van der Waals surface area contributed by atoms with Crippen LogP contribution in [0, 0.1) is 13.8 Å². The normalized spacial score (nSPS) is 10.6. The van der Waals surface area contributed by atoms with Gasteiger partial charge in [0.2, 0.25) is 0 Å². The third-order valence-electron chi connectivity index (χ3n) is 3.98. The average molecular weight is 376 g/mol. The highest BCUT2D eigenvalue weighted by molar-refractivity contribution is 5.94. The molecule has 0 saturated heterocycles. The van der Waals surface area contributed by atoms with E-state index in [1.807, 2.05) is 76.5 Å². The molecule has 26 heavy (non-hydrogen) atoms. The Labute approximate surface area is 161 Å². The van der Waals surface area contributed by atoms with Crippen molar-refractivity contribution in [3.63, 3.8) is 0 Å². The summed E-state index contributed by atoms with van der Waals surface area (Å²) >= 11 is 0. The van der Waals surface area contributed by atoms with Gasteiger partial charge in [-0.15, -0.1) is 0 Å². The minimum atomic E-state index is -0.108. The quantitative estimate of drug-likeness (QED) is 0.696. The molecule has 6 heteroatoms. The number of nitrogens with zero attached hydrogens (tertiary/aromatic N) is 1. The second-order valence-electron chi connectivity index (χ2n) is 6.98. The third kappa shape index (κ3) is 6.50. The van der Waals surface area contributed by atoms with Crippen molar-refractivity contribution in [3.05, 3.63) is 59.7 Å². The first kappa shape index (κ1) is 21.7. The Hall–Kier alpha value is -2.37. The largest absolute Gasteiger partial charge is 1.00 e. The lowest BCUT2D eigenvalue weighted by atomic mass is 10.2. The first-order chi connectivity index (χ1) is 11.8. The van der Waals surface area contributed by atoms with Crippen molar-refractivity contribution in [2.75, 3.05) is 37.8 Å². The van der Waals surface area contributed by atoms with Gasteiger partial charge in [0.1, 0.15) is 0 Å². The molecule has 0 aliphatic carbocycles. The third-order valence-corrected chi connectivity index (χ3v) is 3.98. The number of halogens is 1. The maximum absolute atomic E-state index is 12.3. The Morgan fingerprint density at radius 1 is 0.769 bits per heavy atom. The molecule has 0 unspecified atom stereocenters. The maximum Gasteiger partial charge on any atom is 0.279 e. The van der Waals surface area contributed by atoms with Crippen molar-refractivity contribution in [3.8, 4) is 0 Å². The number of amides is 2. The lowest BCUT2D eigenvalue weighted by molar-refractivity contribution is -0.874. The van der Waals surface area contributed by atoms with E-state index in [0.717, 1.165) is 22.5 Å². The highest BCUT2D eigenvalue weighted by Gasteiger charge is 2.24. The second-order valence-corrected chi connectivity index (χ2v) is 6.98. The zero-order valence-electron chi connectivity index (χ0n) is 15.7. The van der Waals surface area contributed by atoms with E-state index in [4.69, 9.17) is 0 Å². The summed E-state index contributed by atoms with van der Waals surface area (Å²) in [5.74, 6) is -0.217. The molecule has 2 amide bonds. The van der Waals surface area contributed by atoms with Gasteiger partial charge in [-0.3, -0.25) is 9.59 Å². The summed E-state index contributed by atoms with van der Waals surface area (Å²) in [5, 5.41) is 5.82. The van der Waals surface area contributed by atoms with Crippen molar-refractivity contribution in [2.45, 2.75) is 13.8 Å². The zero-order chi connectivity index (χ0) is 18.4. The molecule has 0 atom stereocenters. The summed E-state index contributed by atoms with van der Waals surface area (Å²) in [6, 6.07) is 15.3. The predicted octanol–water partition coefficient (Wildman–Crippen LogP) is -0.0390. The molecule has 0 fully saturated rings. The molecule has 0 aliphatic rings. The van der Waals surface area contributed by atoms with Gasteiger partial charge in [0, 0.05) is 11.4 Å². The van der Waals surface area contributed by atoms with Gasteiger partial charge in [-0.25, -0.2) is 0 Å². The maximum atomic E-state index is 12.3. The van der Waals surface area contributed by atoms with Crippen molar-refractivity contribution in [1.82, 2.24) is 0 Å². The van der Waals surface area contributed by atoms with E-state index in [2.05, 4.69) is 10.6 Å². The highest BCUT2D eigenvalue weighted by atomic mass is 35.5. The van der Waals surface area contributed by atoms with Crippen LogP contribution in [0.3, 0.4) is 0 Å². The minimum Gasteiger partial charge on any atom is -1.00 e. The van der Waals surface area contributed by atoms with Crippen LogP contribution in [0.1, 0.15) is 11.1 Å². The van der Waals surface area contributed by atoms with E-state index in [-0.39, 0.29) is 41.8 Å². The molecule has 2 aromatic carbocycles. The first-order valence-corrected chi connectivity index (χ1v) is 8.30. The number of hydrogen-bond donors (Lipinski definition) is 2. The molecule has 0 bridgehead atoms. The number of quaternary nitrogens is 1. The highest BCUT2D eigenvalue weighted by Crippen LogP contribution is 2.15. The summed E-state index contributed by atoms with van der Waals surface area (Å²) in [6.45, 7) is 4.33. The second kappa shape index (κ2) is 9.36. The van der Waals surface area contributed by atoms with Crippen molar-refractivity contribution < 1.29 is 26.5 Å². The Kier molecular flexibility index (Phi) is 7.80. The fraction of sp³-hybridized carbons (Fsp3) is 0.300. The summed E-state index contributed by atoms with van der Waals surface area (Å²) in [4.78, 5) is 24.6. The van der Waals surface area contributed by atoms with E-state index in [9.17, 15) is 9.59 Å². The molecule has 0 aromatic heterocycles.